The summed E-state index contributed by atoms with van der Waals surface area (Å²) in [6, 6.07) is 81.3. The van der Waals surface area contributed by atoms with Crippen molar-refractivity contribution in [2.75, 3.05) is 9.80 Å². The van der Waals surface area contributed by atoms with Gasteiger partial charge in [-0.1, -0.05) is 123 Å². The van der Waals surface area contributed by atoms with Gasteiger partial charge in [-0.05, 0) is 164 Å². The summed E-state index contributed by atoms with van der Waals surface area (Å²) < 4.78 is 5.25. The van der Waals surface area contributed by atoms with Crippen molar-refractivity contribution in [3.05, 3.63) is 230 Å². The van der Waals surface area contributed by atoms with Crippen molar-refractivity contribution in [1.29, 1.82) is 0 Å². The van der Waals surface area contributed by atoms with E-state index in [0.29, 0.717) is 0 Å². The van der Waals surface area contributed by atoms with Gasteiger partial charge in [0.2, 0.25) is 0 Å². The molecule has 0 bridgehead atoms. The van der Waals surface area contributed by atoms with Crippen LogP contribution in [0.5, 0.6) is 0 Å². The molecule has 0 atom stereocenters. The van der Waals surface area contributed by atoms with Crippen molar-refractivity contribution in [3.63, 3.8) is 0 Å². The van der Waals surface area contributed by atoms with Crippen LogP contribution in [0.25, 0.3) is 83.8 Å². The number of hydrogen-bond donors (Lipinski definition) is 0. The van der Waals surface area contributed by atoms with Crippen LogP contribution in [0, 0.1) is 0 Å². The van der Waals surface area contributed by atoms with Crippen LogP contribution >= 0.6 is 22.7 Å². The SMILES string of the molecule is CC1(C)c2cc3cc(N(c4ccccc4)c4ccc5sc6ccccc6c5c4)ccc3cc2-c2c1c1ccc(N(c3ccccc3)c3ccc4sc5ccccc5c4c3)cc1c1ccccc21. The maximum absolute atomic E-state index is 2.49. The van der Waals surface area contributed by atoms with Crippen LogP contribution in [0.4, 0.5) is 34.1 Å². The average molecular weight is 891 g/mol. The number of hydrogen-bond acceptors (Lipinski definition) is 4. The number of anilines is 6. The quantitative estimate of drug-likeness (QED) is 0.154. The number of benzene rings is 11. The van der Waals surface area contributed by atoms with Crippen LogP contribution < -0.4 is 9.80 Å². The average Bonchev–Trinajstić information content (AvgIpc) is 4.01. The van der Waals surface area contributed by atoms with E-state index in [2.05, 4.69) is 242 Å². The molecule has 0 radical (unpaired) electrons. The summed E-state index contributed by atoms with van der Waals surface area (Å²) in [6.45, 7) is 4.87. The largest absolute Gasteiger partial charge is 0.310 e. The van der Waals surface area contributed by atoms with E-state index in [-0.39, 0.29) is 5.41 Å². The molecule has 2 aromatic heterocycles. The maximum Gasteiger partial charge on any atom is 0.0468 e. The summed E-state index contributed by atoms with van der Waals surface area (Å²) in [6.07, 6.45) is 0. The molecule has 67 heavy (non-hydrogen) atoms. The predicted molar refractivity (Wildman–Crippen MR) is 292 cm³/mol. The Balaban J connectivity index is 0.929. The number of para-hydroxylation sites is 2. The molecule has 0 unspecified atom stereocenters. The first-order chi connectivity index (χ1) is 33.0. The number of thiophene rings is 2. The predicted octanol–water partition coefficient (Wildman–Crippen LogP) is 19.1. The van der Waals surface area contributed by atoms with Gasteiger partial charge in [0, 0.05) is 79.9 Å². The molecule has 14 rings (SSSR count). The highest BCUT2D eigenvalue weighted by Crippen LogP contribution is 2.56. The van der Waals surface area contributed by atoms with E-state index in [4.69, 9.17) is 0 Å². The van der Waals surface area contributed by atoms with Gasteiger partial charge < -0.3 is 9.80 Å². The van der Waals surface area contributed by atoms with E-state index in [1.165, 1.54) is 94.9 Å². The topological polar surface area (TPSA) is 6.48 Å². The molecule has 2 heterocycles. The summed E-state index contributed by atoms with van der Waals surface area (Å²) in [5.74, 6) is 0. The second-order valence-corrected chi connectivity index (χ2v) is 20.6. The van der Waals surface area contributed by atoms with Crippen LogP contribution in [0.1, 0.15) is 25.0 Å². The van der Waals surface area contributed by atoms with Gasteiger partial charge in [0.15, 0.2) is 0 Å². The molecule has 0 saturated carbocycles. The lowest BCUT2D eigenvalue weighted by Gasteiger charge is -2.28. The number of rotatable bonds is 6. The minimum atomic E-state index is -0.257. The first-order valence-corrected chi connectivity index (χ1v) is 24.7. The Labute approximate surface area is 396 Å². The zero-order valence-electron chi connectivity index (χ0n) is 37.0. The lowest BCUT2D eigenvalue weighted by Crippen LogP contribution is -2.16. The molecule has 316 valence electrons. The Morgan fingerprint density at radius 3 is 1.37 bits per heavy atom. The van der Waals surface area contributed by atoms with Gasteiger partial charge in [0.1, 0.15) is 0 Å². The molecule has 13 aromatic rings. The summed E-state index contributed by atoms with van der Waals surface area (Å²) in [5, 5.41) is 12.8. The molecule has 0 fully saturated rings. The van der Waals surface area contributed by atoms with Crippen molar-refractivity contribution in [2.24, 2.45) is 0 Å². The van der Waals surface area contributed by atoms with E-state index in [0.717, 1.165) is 34.1 Å². The number of fused-ring (bicyclic) bond motifs is 15. The second kappa shape index (κ2) is 14.6. The fraction of sp³-hybridized carbons (Fsp3) is 0.0476. The van der Waals surface area contributed by atoms with Crippen molar-refractivity contribution in [1.82, 2.24) is 0 Å². The molecule has 11 aromatic carbocycles. The smallest absolute Gasteiger partial charge is 0.0468 e. The fourth-order valence-corrected chi connectivity index (χ4v) is 13.5. The van der Waals surface area contributed by atoms with E-state index in [1.54, 1.807) is 0 Å². The van der Waals surface area contributed by atoms with Crippen LogP contribution in [-0.2, 0) is 5.41 Å². The Morgan fingerprint density at radius 2 is 0.776 bits per heavy atom. The minimum absolute atomic E-state index is 0.257. The maximum atomic E-state index is 2.49. The molecule has 0 amide bonds. The van der Waals surface area contributed by atoms with E-state index in [9.17, 15) is 0 Å². The van der Waals surface area contributed by atoms with Gasteiger partial charge in [-0.2, -0.15) is 0 Å². The molecule has 0 saturated heterocycles. The zero-order chi connectivity index (χ0) is 44.4. The van der Waals surface area contributed by atoms with E-state index in [1.807, 2.05) is 22.7 Å². The molecule has 0 aliphatic heterocycles. The van der Waals surface area contributed by atoms with Gasteiger partial charge in [-0.25, -0.2) is 0 Å². The highest BCUT2D eigenvalue weighted by molar-refractivity contribution is 7.26. The Kier molecular flexibility index (Phi) is 8.40. The molecular weight excluding hydrogens is 849 g/mol. The van der Waals surface area contributed by atoms with Crippen LogP contribution in [0.15, 0.2) is 218 Å². The monoisotopic (exact) mass is 890 g/mol. The van der Waals surface area contributed by atoms with E-state index < -0.39 is 0 Å². The standard InChI is InChI=1S/C63H42N2S2/c1-63(2)56-35-40-33-43(64(41-15-5-3-6-16-41)45-28-31-59-53(37-45)48-20-11-13-23-57(48)66-59)26-25-39(40)34-55(56)61-50-22-10-9-19-47(50)52-36-44(27-30-51(52)62(61)63)65(42-17-7-4-8-18-42)46-29-32-60-54(38-46)49-21-12-14-24-58(49)67-60/h3-38H,1-2H3. The van der Waals surface area contributed by atoms with Crippen LogP contribution in [-0.4, -0.2) is 0 Å². The van der Waals surface area contributed by atoms with Gasteiger partial charge in [0.05, 0.1) is 0 Å². The van der Waals surface area contributed by atoms with Gasteiger partial charge in [-0.15, -0.1) is 22.7 Å². The molecule has 0 spiro atoms. The van der Waals surface area contributed by atoms with Gasteiger partial charge in [0.25, 0.3) is 0 Å². The third-order valence-electron chi connectivity index (χ3n) is 14.3. The summed E-state index contributed by atoms with van der Waals surface area (Å²) in [7, 11) is 0. The highest BCUT2D eigenvalue weighted by Gasteiger charge is 2.39. The Bertz CT molecular complexity index is 4140. The minimum Gasteiger partial charge on any atom is -0.310 e. The highest BCUT2D eigenvalue weighted by atomic mass is 32.1. The summed E-state index contributed by atoms with van der Waals surface area (Å²) in [5.41, 5.74) is 12.1. The fourth-order valence-electron chi connectivity index (χ4n) is 11.3. The van der Waals surface area contributed by atoms with Gasteiger partial charge >= 0.3 is 0 Å². The molecule has 4 heteroatoms. The first-order valence-electron chi connectivity index (χ1n) is 23.1. The second-order valence-electron chi connectivity index (χ2n) is 18.5. The van der Waals surface area contributed by atoms with Crippen LogP contribution in [0.2, 0.25) is 0 Å². The normalized spacial score (nSPS) is 13.0. The summed E-state index contributed by atoms with van der Waals surface area (Å²) >= 11 is 3.73. The van der Waals surface area contributed by atoms with Gasteiger partial charge in [-0.3, -0.25) is 0 Å². The van der Waals surface area contributed by atoms with Crippen LogP contribution in [0.3, 0.4) is 0 Å². The molecule has 0 N–H and O–H groups in total. The van der Waals surface area contributed by atoms with Crippen molar-refractivity contribution >= 4 is 129 Å². The summed E-state index contributed by atoms with van der Waals surface area (Å²) in [4.78, 5) is 4.84. The third kappa shape index (κ3) is 5.86. The van der Waals surface area contributed by atoms with Crippen molar-refractivity contribution < 1.29 is 0 Å². The zero-order valence-corrected chi connectivity index (χ0v) is 38.6. The van der Waals surface area contributed by atoms with Crippen molar-refractivity contribution in [3.8, 4) is 11.1 Å². The Hall–Kier alpha value is -7.76. The lowest BCUT2D eigenvalue weighted by atomic mass is 9.79. The first kappa shape index (κ1) is 38.5. The van der Waals surface area contributed by atoms with Crippen molar-refractivity contribution in [2.45, 2.75) is 19.3 Å². The van der Waals surface area contributed by atoms with E-state index >= 15 is 0 Å². The molecular formula is C63H42N2S2. The number of nitrogens with zero attached hydrogens (tertiary/aromatic N) is 2. The molecule has 1 aliphatic carbocycles. The molecule has 1 aliphatic rings. The molecule has 2 nitrogen and oxygen atoms in total. The Morgan fingerprint density at radius 1 is 0.313 bits per heavy atom. The lowest BCUT2D eigenvalue weighted by molar-refractivity contribution is 0.667. The third-order valence-corrected chi connectivity index (χ3v) is 16.6.